The number of nitrogens with zero attached hydrogens (tertiary/aromatic N) is 2. The van der Waals surface area contributed by atoms with E-state index < -0.39 is 0 Å². The number of aromatic nitrogens is 2. The number of carbonyl (C=O) groups excluding carboxylic acids is 1. The van der Waals surface area contributed by atoms with E-state index in [0.29, 0.717) is 6.54 Å². The molecule has 0 saturated heterocycles. The van der Waals surface area contributed by atoms with Crippen LogP contribution in [-0.2, 0) is 6.54 Å². The lowest BCUT2D eigenvalue weighted by molar-refractivity contribution is 0.0945. The van der Waals surface area contributed by atoms with Crippen LogP contribution in [-0.4, -0.2) is 15.9 Å². The lowest BCUT2D eigenvalue weighted by atomic mass is 10.2. The molecule has 88 valence electrons. The highest BCUT2D eigenvalue weighted by Crippen LogP contribution is 2.13. The predicted molar refractivity (Wildman–Crippen MR) is 66.7 cm³/mol. The zero-order chi connectivity index (χ0) is 12.3. The summed E-state index contributed by atoms with van der Waals surface area (Å²) in [5, 5.41) is 6.84. The van der Waals surface area contributed by atoms with Crippen molar-refractivity contribution in [1.29, 1.82) is 0 Å². The summed E-state index contributed by atoms with van der Waals surface area (Å²) < 4.78 is 0. The van der Waals surface area contributed by atoms with Gasteiger partial charge in [0.15, 0.2) is 0 Å². The summed E-state index contributed by atoms with van der Waals surface area (Å²) in [6.07, 6.45) is 2.80. The van der Waals surface area contributed by atoms with Crippen LogP contribution in [0.15, 0.2) is 23.2 Å². The minimum Gasteiger partial charge on any atom is -0.382 e. The molecule has 0 saturated carbocycles. The number of anilines is 1. The summed E-state index contributed by atoms with van der Waals surface area (Å²) in [4.78, 5) is 19.5. The second kappa shape index (κ2) is 4.92. The Balaban J connectivity index is 2.01. The average Bonchev–Trinajstić information content (AvgIpc) is 2.72. The van der Waals surface area contributed by atoms with Crippen molar-refractivity contribution in [1.82, 2.24) is 15.3 Å². The lowest BCUT2D eigenvalue weighted by Gasteiger charge is -2.04. The van der Waals surface area contributed by atoms with Gasteiger partial charge in [-0.1, -0.05) is 0 Å². The number of hydrogen-bond acceptors (Lipinski definition) is 5. The van der Waals surface area contributed by atoms with E-state index in [1.165, 1.54) is 18.0 Å². The van der Waals surface area contributed by atoms with Gasteiger partial charge in [-0.2, -0.15) is 11.3 Å². The highest BCUT2D eigenvalue weighted by atomic mass is 32.1. The van der Waals surface area contributed by atoms with E-state index in [9.17, 15) is 4.79 Å². The molecule has 0 spiro atoms. The Bertz CT molecular complexity index is 538. The second-order valence-electron chi connectivity index (χ2n) is 3.59. The number of nitrogens with two attached hydrogens (primary N) is 1. The first kappa shape index (κ1) is 11.5. The lowest BCUT2D eigenvalue weighted by Crippen LogP contribution is -2.24. The summed E-state index contributed by atoms with van der Waals surface area (Å²) in [6, 6.07) is 0. The van der Waals surface area contributed by atoms with Gasteiger partial charge in [0.1, 0.15) is 11.5 Å². The highest BCUT2D eigenvalue weighted by molar-refractivity contribution is 7.08. The normalized spacial score (nSPS) is 10.2. The number of thiophene rings is 1. The topological polar surface area (TPSA) is 80.9 Å². The monoisotopic (exact) mass is 248 g/mol. The van der Waals surface area contributed by atoms with Crippen molar-refractivity contribution in [3.8, 4) is 0 Å². The molecule has 2 rings (SSSR count). The molecular formula is C11H12N4OS. The van der Waals surface area contributed by atoms with Gasteiger partial charge in [-0.3, -0.25) is 9.78 Å². The van der Waals surface area contributed by atoms with Crippen LogP contribution in [0, 0.1) is 6.92 Å². The number of hydrogen-bond donors (Lipinski definition) is 2. The third-order valence-electron chi connectivity index (χ3n) is 2.29. The van der Waals surface area contributed by atoms with E-state index in [1.807, 2.05) is 17.7 Å². The van der Waals surface area contributed by atoms with Gasteiger partial charge in [0.25, 0.3) is 5.91 Å². The van der Waals surface area contributed by atoms with Crippen LogP contribution in [0.1, 0.15) is 21.6 Å². The van der Waals surface area contributed by atoms with Gasteiger partial charge in [-0.05, 0) is 28.8 Å². The standard InChI is InChI=1S/C11H12N4OS/c1-7-5-17-6-8(7)2-14-11(16)9-3-13-4-10(12)15-9/h3-6H,2H2,1H3,(H2,12,15)(H,14,16). The van der Waals surface area contributed by atoms with Crippen LogP contribution in [0.5, 0.6) is 0 Å². The van der Waals surface area contributed by atoms with E-state index in [2.05, 4.69) is 15.3 Å². The molecule has 1 amide bonds. The molecule has 0 radical (unpaired) electrons. The molecule has 0 bridgehead atoms. The summed E-state index contributed by atoms with van der Waals surface area (Å²) in [5.41, 5.74) is 7.98. The Hall–Kier alpha value is -1.95. The zero-order valence-corrected chi connectivity index (χ0v) is 10.1. The zero-order valence-electron chi connectivity index (χ0n) is 9.30. The number of nitrogen functional groups attached to an aromatic ring is 1. The molecule has 0 aliphatic heterocycles. The first-order chi connectivity index (χ1) is 8.16. The molecule has 17 heavy (non-hydrogen) atoms. The summed E-state index contributed by atoms with van der Waals surface area (Å²) in [7, 11) is 0. The highest BCUT2D eigenvalue weighted by Gasteiger charge is 2.08. The van der Waals surface area contributed by atoms with Crippen molar-refractivity contribution >= 4 is 23.1 Å². The maximum Gasteiger partial charge on any atom is 0.271 e. The summed E-state index contributed by atoms with van der Waals surface area (Å²) >= 11 is 1.62. The summed E-state index contributed by atoms with van der Waals surface area (Å²) in [5.74, 6) is -0.0280. The molecule has 2 aromatic heterocycles. The van der Waals surface area contributed by atoms with Gasteiger partial charge < -0.3 is 11.1 Å². The summed E-state index contributed by atoms with van der Waals surface area (Å²) in [6.45, 7) is 2.50. The van der Waals surface area contributed by atoms with Crippen LogP contribution in [0.2, 0.25) is 0 Å². The molecular weight excluding hydrogens is 236 g/mol. The fourth-order valence-corrected chi connectivity index (χ4v) is 2.18. The Morgan fingerprint density at radius 1 is 1.47 bits per heavy atom. The van der Waals surface area contributed by atoms with Crippen molar-refractivity contribution in [2.75, 3.05) is 5.73 Å². The predicted octanol–water partition coefficient (Wildman–Crippen LogP) is 1.36. The van der Waals surface area contributed by atoms with E-state index in [4.69, 9.17) is 5.73 Å². The van der Waals surface area contributed by atoms with Crippen molar-refractivity contribution in [2.45, 2.75) is 13.5 Å². The largest absolute Gasteiger partial charge is 0.382 e. The molecule has 0 fully saturated rings. The Morgan fingerprint density at radius 2 is 2.29 bits per heavy atom. The minimum atomic E-state index is -0.268. The van der Waals surface area contributed by atoms with Gasteiger partial charge in [-0.25, -0.2) is 4.98 Å². The van der Waals surface area contributed by atoms with Crippen molar-refractivity contribution in [2.24, 2.45) is 0 Å². The van der Waals surface area contributed by atoms with E-state index in [1.54, 1.807) is 11.3 Å². The molecule has 3 N–H and O–H groups in total. The first-order valence-electron chi connectivity index (χ1n) is 5.04. The quantitative estimate of drug-likeness (QED) is 0.859. The number of aryl methyl sites for hydroxylation is 1. The average molecular weight is 248 g/mol. The maximum absolute atomic E-state index is 11.7. The van der Waals surface area contributed by atoms with Gasteiger partial charge in [0.2, 0.25) is 0 Å². The SMILES string of the molecule is Cc1cscc1CNC(=O)c1cncc(N)n1. The first-order valence-corrected chi connectivity index (χ1v) is 5.98. The smallest absolute Gasteiger partial charge is 0.271 e. The number of carbonyl (C=O) groups is 1. The minimum absolute atomic E-state index is 0.234. The van der Waals surface area contributed by atoms with Crippen LogP contribution in [0.25, 0.3) is 0 Å². The molecule has 0 unspecified atom stereocenters. The molecule has 0 atom stereocenters. The number of amides is 1. The molecule has 5 nitrogen and oxygen atoms in total. The van der Waals surface area contributed by atoms with Gasteiger partial charge in [0.05, 0.1) is 12.4 Å². The fraction of sp³-hybridized carbons (Fsp3) is 0.182. The number of rotatable bonds is 3. The van der Waals surface area contributed by atoms with Crippen LogP contribution in [0.3, 0.4) is 0 Å². The third-order valence-corrected chi connectivity index (χ3v) is 3.20. The van der Waals surface area contributed by atoms with Crippen LogP contribution >= 0.6 is 11.3 Å². The molecule has 2 heterocycles. The van der Waals surface area contributed by atoms with Crippen LogP contribution in [0.4, 0.5) is 5.82 Å². The van der Waals surface area contributed by atoms with E-state index >= 15 is 0 Å². The van der Waals surface area contributed by atoms with Crippen LogP contribution < -0.4 is 11.1 Å². The maximum atomic E-state index is 11.7. The second-order valence-corrected chi connectivity index (χ2v) is 4.34. The molecule has 0 aliphatic rings. The molecule has 2 aromatic rings. The van der Waals surface area contributed by atoms with Gasteiger partial charge in [-0.15, -0.1) is 0 Å². The van der Waals surface area contributed by atoms with Crippen molar-refractivity contribution < 1.29 is 4.79 Å². The fourth-order valence-electron chi connectivity index (χ4n) is 1.32. The van der Waals surface area contributed by atoms with Crippen molar-refractivity contribution in [3.05, 3.63) is 40.0 Å². The van der Waals surface area contributed by atoms with Gasteiger partial charge in [0, 0.05) is 6.54 Å². The Morgan fingerprint density at radius 3 is 2.94 bits per heavy atom. The van der Waals surface area contributed by atoms with Gasteiger partial charge >= 0.3 is 0 Å². The van der Waals surface area contributed by atoms with E-state index in [0.717, 1.165) is 5.56 Å². The molecule has 0 aromatic carbocycles. The third kappa shape index (κ3) is 2.79. The Kier molecular flexibility index (Phi) is 3.34. The Labute approximate surface area is 103 Å². The molecule has 6 heteroatoms. The van der Waals surface area contributed by atoms with E-state index in [-0.39, 0.29) is 17.4 Å². The molecule has 0 aliphatic carbocycles. The number of nitrogens with one attached hydrogen (secondary N) is 1. The van der Waals surface area contributed by atoms with Crippen molar-refractivity contribution in [3.63, 3.8) is 0 Å².